The summed E-state index contributed by atoms with van der Waals surface area (Å²) >= 11 is 0. The van der Waals surface area contributed by atoms with Crippen LogP contribution in [0.1, 0.15) is 29.7 Å². The molecule has 78 valence electrons. The van der Waals surface area contributed by atoms with Gasteiger partial charge in [0.1, 0.15) is 0 Å². The van der Waals surface area contributed by atoms with Crippen LogP contribution in [0.25, 0.3) is 0 Å². The summed E-state index contributed by atoms with van der Waals surface area (Å²) in [7, 11) is 0. The third-order valence-electron chi connectivity index (χ3n) is 2.67. The average molecular weight is 214 g/mol. The summed E-state index contributed by atoms with van der Waals surface area (Å²) in [5, 5.41) is 0. The topological polar surface area (TPSA) is 35.2 Å². The fourth-order valence-corrected chi connectivity index (χ4v) is 1.73. The molecular formula is C11H16ClNO. The van der Waals surface area contributed by atoms with Crippen LogP contribution in [-0.4, -0.2) is 6.10 Å². The molecule has 0 spiro atoms. The van der Waals surface area contributed by atoms with Gasteiger partial charge in [0.05, 0.1) is 18.8 Å². The molecule has 0 fully saturated rings. The number of nitrogens with two attached hydrogens (primary N) is 1. The lowest BCUT2D eigenvalue weighted by molar-refractivity contribution is 0.0213. The highest BCUT2D eigenvalue weighted by atomic mass is 35.5. The summed E-state index contributed by atoms with van der Waals surface area (Å²) in [5.41, 5.74) is 9.78. The first kappa shape index (κ1) is 11.5. The Bertz CT molecular complexity index is 327. The number of benzene rings is 1. The molecule has 1 heterocycles. The number of halogens is 1. The molecule has 2 N–H and O–H groups in total. The van der Waals surface area contributed by atoms with Gasteiger partial charge in [-0.15, -0.1) is 12.4 Å². The van der Waals surface area contributed by atoms with E-state index in [0.29, 0.717) is 6.61 Å². The molecule has 1 aromatic carbocycles. The summed E-state index contributed by atoms with van der Waals surface area (Å²) in [6.07, 6.45) is 0.134. The molecule has 2 rings (SSSR count). The summed E-state index contributed by atoms with van der Waals surface area (Å²) in [6, 6.07) is 6.41. The minimum Gasteiger partial charge on any atom is -0.372 e. The summed E-state index contributed by atoms with van der Waals surface area (Å²) < 4.78 is 5.53. The van der Waals surface area contributed by atoms with E-state index in [-0.39, 0.29) is 24.6 Å². The van der Waals surface area contributed by atoms with Crippen molar-refractivity contribution >= 4 is 12.4 Å². The van der Waals surface area contributed by atoms with Gasteiger partial charge in [-0.25, -0.2) is 0 Å². The van der Waals surface area contributed by atoms with Crippen LogP contribution in [0.2, 0.25) is 0 Å². The molecule has 2 atom stereocenters. The maximum absolute atomic E-state index is 6.03. The largest absolute Gasteiger partial charge is 0.372 e. The Morgan fingerprint density at radius 3 is 2.86 bits per heavy atom. The van der Waals surface area contributed by atoms with Crippen LogP contribution in [-0.2, 0) is 11.3 Å². The van der Waals surface area contributed by atoms with Crippen molar-refractivity contribution in [3.05, 3.63) is 34.9 Å². The Morgan fingerprint density at radius 2 is 2.14 bits per heavy atom. The van der Waals surface area contributed by atoms with Gasteiger partial charge in [0.25, 0.3) is 0 Å². The smallest absolute Gasteiger partial charge is 0.0744 e. The molecule has 0 unspecified atom stereocenters. The quantitative estimate of drug-likeness (QED) is 0.718. The van der Waals surface area contributed by atoms with Crippen molar-refractivity contribution < 1.29 is 4.74 Å². The summed E-state index contributed by atoms with van der Waals surface area (Å²) in [5.74, 6) is 0. The number of fused-ring (bicyclic) bond motifs is 1. The van der Waals surface area contributed by atoms with Gasteiger partial charge >= 0.3 is 0 Å². The number of ether oxygens (including phenoxy) is 1. The molecule has 0 saturated heterocycles. The highest BCUT2D eigenvalue weighted by Gasteiger charge is 2.23. The zero-order chi connectivity index (χ0) is 9.42. The first-order chi connectivity index (χ1) is 6.18. The van der Waals surface area contributed by atoms with E-state index in [1.165, 1.54) is 16.7 Å². The molecule has 0 aliphatic carbocycles. The van der Waals surface area contributed by atoms with Crippen LogP contribution in [0.5, 0.6) is 0 Å². The van der Waals surface area contributed by atoms with Gasteiger partial charge < -0.3 is 10.5 Å². The molecular weight excluding hydrogens is 198 g/mol. The van der Waals surface area contributed by atoms with Crippen molar-refractivity contribution in [3.8, 4) is 0 Å². The highest BCUT2D eigenvalue weighted by Crippen LogP contribution is 2.27. The lowest BCUT2D eigenvalue weighted by atomic mass is 9.94. The van der Waals surface area contributed by atoms with Crippen molar-refractivity contribution in [2.24, 2.45) is 5.73 Å². The molecule has 0 bridgehead atoms. The van der Waals surface area contributed by atoms with E-state index in [2.05, 4.69) is 25.1 Å². The van der Waals surface area contributed by atoms with E-state index < -0.39 is 0 Å². The Kier molecular flexibility index (Phi) is 3.53. The van der Waals surface area contributed by atoms with Crippen LogP contribution in [0.4, 0.5) is 0 Å². The third-order valence-corrected chi connectivity index (χ3v) is 2.67. The van der Waals surface area contributed by atoms with Crippen LogP contribution < -0.4 is 5.73 Å². The van der Waals surface area contributed by atoms with Crippen LogP contribution in [0, 0.1) is 6.92 Å². The lowest BCUT2D eigenvalue weighted by Gasteiger charge is -2.29. The van der Waals surface area contributed by atoms with Gasteiger partial charge in [0.2, 0.25) is 0 Å². The van der Waals surface area contributed by atoms with Gasteiger partial charge in [-0.05, 0) is 25.0 Å². The zero-order valence-electron chi connectivity index (χ0n) is 8.49. The van der Waals surface area contributed by atoms with E-state index in [1.54, 1.807) is 0 Å². The maximum atomic E-state index is 6.03. The second kappa shape index (κ2) is 4.30. The molecule has 1 aliphatic heterocycles. The van der Waals surface area contributed by atoms with E-state index in [1.807, 2.05) is 6.92 Å². The van der Waals surface area contributed by atoms with Crippen molar-refractivity contribution in [2.45, 2.75) is 32.6 Å². The second-order valence-electron chi connectivity index (χ2n) is 3.74. The fourth-order valence-electron chi connectivity index (χ4n) is 1.73. The predicted octanol–water partition coefficient (Wildman–Crippen LogP) is 2.34. The average Bonchev–Trinajstić information content (AvgIpc) is 2.12. The first-order valence-electron chi connectivity index (χ1n) is 4.65. The molecule has 1 aliphatic rings. The van der Waals surface area contributed by atoms with Gasteiger partial charge in [-0.3, -0.25) is 0 Å². The van der Waals surface area contributed by atoms with E-state index in [4.69, 9.17) is 10.5 Å². The van der Waals surface area contributed by atoms with E-state index in [0.717, 1.165) is 0 Å². The second-order valence-corrected chi connectivity index (χ2v) is 3.74. The van der Waals surface area contributed by atoms with Crippen molar-refractivity contribution in [1.82, 2.24) is 0 Å². The third kappa shape index (κ3) is 1.92. The Hall–Kier alpha value is -0.570. The van der Waals surface area contributed by atoms with Crippen molar-refractivity contribution in [2.75, 3.05) is 0 Å². The monoisotopic (exact) mass is 213 g/mol. The first-order valence-corrected chi connectivity index (χ1v) is 4.65. The highest BCUT2D eigenvalue weighted by molar-refractivity contribution is 5.85. The SMILES string of the molecule is Cc1ccc2c(c1)[C@H](N)[C@@H](C)OC2.Cl. The van der Waals surface area contributed by atoms with Crippen LogP contribution in [0.3, 0.4) is 0 Å². The van der Waals surface area contributed by atoms with Gasteiger partial charge in [-0.1, -0.05) is 23.8 Å². The number of rotatable bonds is 0. The zero-order valence-corrected chi connectivity index (χ0v) is 9.30. The Morgan fingerprint density at radius 1 is 1.43 bits per heavy atom. The predicted molar refractivity (Wildman–Crippen MR) is 59.6 cm³/mol. The minimum absolute atomic E-state index is 0. The molecule has 0 amide bonds. The summed E-state index contributed by atoms with van der Waals surface area (Å²) in [4.78, 5) is 0. The molecule has 0 radical (unpaired) electrons. The molecule has 0 saturated carbocycles. The minimum atomic E-state index is 0. The fraction of sp³-hybridized carbons (Fsp3) is 0.455. The molecule has 2 nitrogen and oxygen atoms in total. The summed E-state index contributed by atoms with van der Waals surface area (Å²) in [6.45, 7) is 4.81. The molecule has 0 aromatic heterocycles. The van der Waals surface area contributed by atoms with Gasteiger partial charge in [0, 0.05) is 0 Å². The number of aryl methyl sites for hydroxylation is 1. The van der Waals surface area contributed by atoms with Crippen LogP contribution in [0.15, 0.2) is 18.2 Å². The lowest BCUT2D eigenvalue weighted by Crippen LogP contribution is -2.31. The van der Waals surface area contributed by atoms with Gasteiger partial charge in [0.15, 0.2) is 0 Å². The standard InChI is InChI=1S/C11H15NO.ClH/c1-7-3-4-9-6-13-8(2)11(12)10(9)5-7;/h3-5,8,11H,6,12H2,1-2H3;1H/t8-,11-;/m1./s1. The van der Waals surface area contributed by atoms with Crippen molar-refractivity contribution in [1.29, 1.82) is 0 Å². The molecule has 14 heavy (non-hydrogen) atoms. The number of hydrogen-bond donors (Lipinski definition) is 1. The maximum Gasteiger partial charge on any atom is 0.0744 e. The Labute approximate surface area is 90.9 Å². The normalized spacial score (nSPS) is 25.1. The van der Waals surface area contributed by atoms with Crippen LogP contribution >= 0.6 is 12.4 Å². The molecule has 1 aromatic rings. The molecule has 3 heteroatoms. The Balaban J connectivity index is 0.000000980. The van der Waals surface area contributed by atoms with E-state index >= 15 is 0 Å². The van der Waals surface area contributed by atoms with E-state index in [9.17, 15) is 0 Å². The van der Waals surface area contributed by atoms with Gasteiger partial charge in [-0.2, -0.15) is 0 Å². The van der Waals surface area contributed by atoms with Crippen molar-refractivity contribution in [3.63, 3.8) is 0 Å². The number of hydrogen-bond acceptors (Lipinski definition) is 2.